The molecule has 0 saturated carbocycles. The third kappa shape index (κ3) is 3.25. The van der Waals surface area contributed by atoms with Crippen LogP contribution in [0.15, 0.2) is 30.7 Å². The Bertz CT molecular complexity index is 502. The van der Waals surface area contributed by atoms with Crippen molar-refractivity contribution in [2.75, 3.05) is 6.54 Å². The van der Waals surface area contributed by atoms with Crippen LogP contribution in [0.25, 0.3) is 0 Å². The molecular weight excluding hydrogens is 269 g/mol. The maximum Gasteiger partial charge on any atom is 0.0953 e. The van der Waals surface area contributed by atoms with Crippen LogP contribution in [-0.2, 0) is 13.1 Å². The number of hydrogen-bond acceptors (Lipinski definition) is 2. The Morgan fingerprint density at radius 3 is 2.67 bits per heavy atom. The van der Waals surface area contributed by atoms with Crippen molar-refractivity contribution in [3.63, 3.8) is 0 Å². The minimum atomic E-state index is 0.637. The van der Waals surface area contributed by atoms with E-state index in [0.29, 0.717) is 16.6 Å². The van der Waals surface area contributed by atoms with Gasteiger partial charge in [-0.25, -0.2) is 4.98 Å². The van der Waals surface area contributed by atoms with Gasteiger partial charge >= 0.3 is 0 Å². The van der Waals surface area contributed by atoms with Crippen molar-refractivity contribution in [1.29, 1.82) is 0 Å². The van der Waals surface area contributed by atoms with E-state index in [1.165, 1.54) is 0 Å². The van der Waals surface area contributed by atoms with E-state index in [-0.39, 0.29) is 0 Å². The zero-order valence-corrected chi connectivity index (χ0v) is 11.7. The Labute approximate surface area is 117 Å². The largest absolute Gasteiger partial charge is 0.333 e. The van der Waals surface area contributed by atoms with Crippen molar-refractivity contribution in [3.8, 4) is 0 Å². The molecule has 2 aromatic rings. The van der Waals surface area contributed by atoms with Crippen molar-refractivity contribution in [2.45, 2.75) is 20.0 Å². The third-order valence-corrected chi connectivity index (χ3v) is 3.35. The van der Waals surface area contributed by atoms with Gasteiger partial charge in [-0.2, -0.15) is 0 Å². The highest BCUT2D eigenvalue weighted by Crippen LogP contribution is 2.25. The average Bonchev–Trinajstić information content (AvgIpc) is 2.79. The van der Waals surface area contributed by atoms with Gasteiger partial charge in [0.15, 0.2) is 0 Å². The summed E-state index contributed by atoms with van der Waals surface area (Å²) in [6.07, 6.45) is 3.80. The van der Waals surface area contributed by atoms with Crippen LogP contribution < -0.4 is 5.32 Å². The van der Waals surface area contributed by atoms with Crippen LogP contribution in [0.4, 0.5) is 0 Å². The van der Waals surface area contributed by atoms with E-state index in [2.05, 4.69) is 17.2 Å². The summed E-state index contributed by atoms with van der Waals surface area (Å²) in [5.41, 5.74) is 1.94. The number of nitrogens with one attached hydrogen (secondary N) is 1. The first kappa shape index (κ1) is 13.4. The first-order valence-corrected chi connectivity index (χ1v) is 6.60. The fourth-order valence-corrected chi connectivity index (χ4v) is 2.22. The second kappa shape index (κ2) is 6.23. The average molecular weight is 284 g/mol. The van der Waals surface area contributed by atoms with Crippen molar-refractivity contribution < 1.29 is 0 Å². The molecule has 1 heterocycles. The summed E-state index contributed by atoms with van der Waals surface area (Å²) in [6.45, 7) is 4.42. The molecule has 0 aliphatic carbocycles. The third-order valence-electron chi connectivity index (χ3n) is 2.65. The van der Waals surface area contributed by atoms with Gasteiger partial charge in [0, 0.05) is 28.4 Å². The van der Waals surface area contributed by atoms with E-state index in [1.807, 2.05) is 29.0 Å². The van der Waals surface area contributed by atoms with Crippen LogP contribution in [-0.4, -0.2) is 16.1 Å². The van der Waals surface area contributed by atoms with Crippen molar-refractivity contribution in [1.82, 2.24) is 14.9 Å². The maximum atomic E-state index is 6.14. The molecule has 0 aliphatic heterocycles. The molecule has 0 bridgehead atoms. The van der Waals surface area contributed by atoms with E-state index in [9.17, 15) is 0 Å². The lowest BCUT2D eigenvalue weighted by atomic mass is 10.2. The van der Waals surface area contributed by atoms with Crippen LogP contribution in [0.1, 0.15) is 18.2 Å². The van der Waals surface area contributed by atoms with E-state index in [0.717, 1.165) is 24.3 Å². The van der Waals surface area contributed by atoms with Crippen LogP contribution in [0.3, 0.4) is 0 Å². The van der Waals surface area contributed by atoms with Gasteiger partial charge in [-0.1, -0.05) is 36.2 Å². The zero-order chi connectivity index (χ0) is 13.0. The van der Waals surface area contributed by atoms with Crippen LogP contribution >= 0.6 is 23.2 Å². The van der Waals surface area contributed by atoms with Gasteiger partial charge in [0.1, 0.15) is 0 Å². The summed E-state index contributed by atoms with van der Waals surface area (Å²) in [4.78, 5) is 4.32. The first-order chi connectivity index (χ1) is 8.70. The second-order valence-corrected chi connectivity index (χ2v) is 4.83. The molecule has 0 radical (unpaired) electrons. The summed E-state index contributed by atoms with van der Waals surface area (Å²) >= 11 is 12.3. The number of imidazole rings is 1. The molecule has 3 nitrogen and oxygen atoms in total. The Kier molecular flexibility index (Phi) is 4.64. The Morgan fingerprint density at radius 2 is 2.00 bits per heavy atom. The number of rotatable bonds is 5. The fraction of sp³-hybridized carbons (Fsp3) is 0.308. The number of aromatic nitrogens is 2. The molecular formula is C13H15Cl2N3. The zero-order valence-electron chi connectivity index (χ0n) is 10.2. The highest BCUT2D eigenvalue weighted by atomic mass is 35.5. The predicted octanol–water partition coefficient (Wildman–Crippen LogP) is 3.35. The standard InChI is InChI=1S/C13H15Cl2N3/c1-2-16-6-10-7-18(9-17-10)8-11-12(14)4-3-5-13(11)15/h3-5,7,9,16H,2,6,8H2,1H3. The quantitative estimate of drug-likeness (QED) is 0.912. The Morgan fingerprint density at radius 1 is 1.28 bits per heavy atom. The first-order valence-electron chi connectivity index (χ1n) is 5.85. The van der Waals surface area contributed by atoms with Crippen LogP contribution in [0.5, 0.6) is 0 Å². The van der Waals surface area contributed by atoms with Crippen molar-refractivity contribution in [2.24, 2.45) is 0 Å². The van der Waals surface area contributed by atoms with E-state index in [4.69, 9.17) is 23.2 Å². The van der Waals surface area contributed by atoms with Gasteiger partial charge in [-0.3, -0.25) is 0 Å². The lowest BCUT2D eigenvalue weighted by molar-refractivity contribution is 0.712. The summed E-state index contributed by atoms with van der Waals surface area (Å²) in [5.74, 6) is 0. The van der Waals surface area contributed by atoms with Gasteiger partial charge < -0.3 is 9.88 Å². The molecule has 1 aromatic carbocycles. The van der Waals surface area contributed by atoms with Crippen molar-refractivity contribution in [3.05, 3.63) is 52.0 Å². The minimum absolute atomic E-state index is 0.637. The summed E-state index contributed by atoms with van der Waals surface area (Å²) in [7, 11) is 0. The highest BCUT2D eigenvalue weighted by Gasteiger charge is 2.06. The van der Waals surface area contributed by atoms with Crippen LogP contribution in [0, 0.1) is 0 Å². The molecule has 18 heavy (non-hydrogen) atoms. The maximum absolute atomic E-state index is 6.14. The monoisotopic (exact) mass is 283 g/mol. The minimum Gasteiger partial charge on any atom is -0.333 e. The molecule has 0 aliphatic rings. The molecule has 0 spiro atoms. The van der Waals surface area contributed by atoms with Crippen molar-refractivity contribution >= 4 is 23.2 Å². The molecule has 0 atom stereocenters. The van der Waals surface area contributed by atoms with Gasteiger partial charge in [-0.05, 0) is 18.7 Å². The molecule has 1 aromatic heterocycles. The SMILES string of the molecule is CCNCc1cn(Cc2c(Cl)cccc2Cl)cn1. The Balaban J connectivity index is 2.11. The molecule has 2 rings (SSSR count). The van der Waals surface area contributed by atoms with E-state index >= 15 is 0 Å². The lowest BCUT2D eigenvalue weighted by Gasteiger charge is -2.07. The predicted molar refractivity (Wildman–Crippen MR) is 75.2 cm³/mol. The van der Waals surface area contributed by atoms with Gasteiger partial charge in [0.2, 0.25) is 0 Å². The fourth-order valence-electron chi connectivity index (χ4n) is 1.70. The normalized spacial score (nSPS) is 10.8. The van der Waals surface area contributed by atoms with E-state index in [1.54, 1.807) is 6.33 Å². The van der Waals surface area contributed by atoms with E-state index < -0.39 is 0 Å². The Hall–Kier alpha value is -1.03. The molecule has 0 unspecified atom stereocenters. The number of benzene rings is 1. The van der Waals surface area contributed by atoms with Gasteiger partial charge in [0.25, 0.3) is 0 Å². The molecule has 0 saturated heterocycles. The van der Waals surface area contributed by atoms with Gasteiger partial charge in [0.05, 0.1) is 18.6 Å². The van der Waals surface area contributed by atoms with Crippen LogP contribution in [0.2, 0.25) is 10.0 Å². The molecule has 0 fully saturated rings. The molecule has 0 amide bonds. The summed E-state index contributed by atoms with van der Waals surface area (Å²) in [5, 5.41) is 4.61. The van der Waals surface area contributed by atoms with Gasteiger partial charge in [-0.15, -0.1) is 0 Å². The topological polar surface area (TPSA) is 29.9 Å². The molecule has 1 N–H and O–H groups in total. The highest BCUT2D eigenvalue weighted by molar-refractivity contribution is 6.35. The number of halogens is 2. The number of nitrogens with zero attached hydrogens (tertiary/aromatic N) is 2. The molecule has 5 heteroatoms. The molecule has 96 valence electrons. The number of hydrogen-bond donors (Lipinski definition) is 1. The summed E-state index contributed by atoms with van der Waals surface area (Å²) in [6, 6.07) is 5.54. The second-order valence-electron chi connectivity index (χ2n) is 4.02. The smallest absolute Gasteiger partial charge is 0.0953 e. The lowest BCUT2D eigenvalue weighted by Crippen LogP contribution is -2.11. The summed E-state index contributed by atoms with van der Waals surface area (Å²) < 4.78 is 1.99.